The molecule has 1 aliphatic heterocycles. The molecule has 0 spiro atoms. The summed E-state index contributed by atoms with van der Waals surface area (Å²) in [5.74, 6) is 0.699. The number of hydrogen-bond donors (Lipinski definition) is 2. The van der Waals surface area contributed by atoms with Gasteiger partial charge in [0.15, 0.2) is 0 Å². The average molecular weight is 460 g/mol. The van der Waals surface area contributed by atoms with Crippen molar-refractivity contribution in [2.45, 2.75) is 32.9 Å². The summed E-state index contributed by atoms with van der Waals surface area (Å²) in [4.78, 5) is 12.5. The number of nitrogens with two attached hydrogens (primary N) is 1. The molecule has 8 nitrogen and oxygen atoms in total. The second-order valence-electron chi connectivity index (χ2n) is 9.09. The zero-order valence-electron chi connectivity index (χ0n) is 19.7. The van der Waals surface area contributed by atoms with Gasteiger partial charge < -0.3 is 20.5 Å². The highest BCUT2D eigenvalue weighted by Crippen LogP contribution is 2.40. The number of ether oxygens (including phenoxy) is 2. The van der Waals surface area contributed by atoms with Crippen LogP contribution in [0.1, 0.15) is 47.8 Å². The molecule has 3 N–H and O–H groups in total. The standard InChI is InChI=1S/C26H29N5O3/c1-26(2)16-34-13-12-22(26)31-24(28)20(14-27)23(30-31)18-10-8-17(9-11-18)15-29-25(32)19-6-4-5-7-21(19)33-3/h4-11,22H,12-13,15-16,28H2,1-3H3,(H,29,32). The number of carbonyl (C=O) groups excluding carboxylic acids is 1. The van der Waals surface area contributed by atoms with Crippen LogP contribution in [0.3, 0.4) is 0 Å². The molecule has 4 rings (SSSR count). The van der Waals surface area contributed by atoms with Crippen LogP contribution in [0.5, 0.6) is 5.75 Å². The Morgan fingerprint density at radius 3 is 2.71 bits per heavy atom. The third kappa shape index (κ3) is 4.47. The lowest BCUT2D eigenvalue weighted by molar-refractivity contribution is -0.0284. The number of methoxy groups -OCH3 is 1. The molecule has 1 fully saturated rings. The van der Waals surface area contributed by atoms with Gasteiger partial charge in [-0.15, -0.1) is 0 Å². The topological polar surface area (TPSA) is 115 Å². The maximum Gasteiger partial charge on any atom is 0.255 e. The van der Waals surface area contributed by atoms with Crippen molar-refractivity contribution in [2.75, 3.05) is 26.1 Å². The van der Waals surface area contributed by atoms with E-state index in [1.54, 1.807) is 22.9 Å². The largest absolute Gasteiger partial charge is 0.496 e. The number of nitriles is 1. The molecule has 1 amide bonds. The number of nitrogens with one attached hydrogen (secondary N) is 1. The Labute approximate surface area is 199 Å². The highest BCUT2D eigenvalue weighted by atomic mass is 16.5. The van der Waals surface area contributed by atoms with Gasteiger partial charge in [-0.25, -0.2) is 4.68 Å². The van der Waals surface area contributed by atoms with E-state index in [0.717, 1.165) is 17.5 Å². The number of aromatic nitrogens is 2. The number of para-hydroxylation sites is 1. The monoisotopic (exact) mass is 459 g/mol. The van der Waals surface area contributed by atoms with E-state index in [9.17, 15) is 10.1 Å². The van der Waals surface area contributed by atoms with Crippen molar-refractivity contribution in [3.05, 3.63) is 65.2 Å². The van der Waals surface area contributed by atoms with E-state index in [4.69, 9.17) is 20.3 Å². The SMILES string of the molecule is COc1ccccc1C(=O)NCc1ccc(-c2nn(C3CCOCC3(C)C)c(N)c2C#N)cc1. The Kier molecular flexibility index (Phi) is 6.57. The van der Waals surface area contributed by atoms with Crippen molar-refractivity contribution in [3.8, 4) is 23.1 Å². The molecule has 0 aliphatic carbocycles. The third-order valence-corrected chi connectivity index (χ3v) is 6.30. The number of amides is 1. The minimum Gasteiger partial charge on any atom is -0.496 e. The molecule has 0 radical (unpaired) electrons. The summed E-state index contributed by atoms with van der Waals surface area (Å²) in [5.41, 5.74) is 9.36. The fourth-order valence-corrected chi connectivity index (χ4v) is 4.36. The van der Waals surface area contributed by atoms with Gasteiger partial charge in [0.25, 0.3) is 5.91 Å². The Hall–Kier alpha value is -3.83. The number of carbonyl (C=O) groups is 1. The second-order valence-corrected chi connectivity index (χ2v) is 9.09. The van der Waals surface area contributed by atoms with E-state index in [0.29, 0.717) is 48.1 Å². The molecule has 1 aliphatic rings. The van der Waals surface area contributed by atoms with Crippen LogP contribution in [0.15, 0.2) is 48.5 Å². The molecule has 8 heteroatoms. The van der Waals surface area contributed by atoms with Gasteiger partial charge in [-0.3, -0.25) is 4.79 Å². The van der Waals surface area contributed by atoms with E-state index < -0.39 is 0 Å². The highest BCUT2D eigenvalue weighted by Gasteiger charge is 2.37. The number of hydrogen-bond acceptors (Lipinski definition) is 6. The molecule has 176 valence electrons. The zero-order valence-corrected chi connectivity index (χ0v) is 19.7. The molecule has 1 saturated heterocycles. The minimum atomic E-state index is -0.209. The quantitative estimate of drug-likeness (QED) is 0.577. The maximum absolute atomic E-state index is 12.5. The fraction of sp³-hybridized carbons (Fsp3) is 0.346. The van der Waals surface area contributed by atoms with Gasteiger partial charge in [0.05, 0.1) is 25.3 Å². The lowest BCUT2D eigenvalue weighted by Gasteiger charge is -2.38. The second kappa shape index (κ2) is 9.57. The molecule has 2 aromatic carbocycles. The van der Waals surface area contributed by atoms with Crippen molar-refractivity contribution < 1.29 is 14.3 Å². The Balaban J connectivity index is 1.53. The van der Waals surface area contributed by atoms with Crippen LogP contribution < -0.4 is 15.8 Å². The van der Waals surface area contributed by atoms with Gasteiger partial charge in [0.2, 0.25) is 0 Å². The van der Waals surface area contributed by atoms with Gasteiger partial charge in [-0.2, -0.15) is 10.4 Å². The van der Waals surface area contributed by atoms with Crippen molar-refractivity contribution in [3.63, 3.8) is 0 Å². The molecule has 2 heterocycles. The first-order valence-electron chi connectivity index (χ1n) is 11.2. The molecule has 0 bridgehead atoms. The highest BCUT2D eigenvalue weighted by molar-refractivity contribution is 5.96. The van der Waals surface area contributed by atoms with Crippen LogP contribution in [0.2, 0.25) is 0 Å². The molecular formula is C26H29N5O3. The van der Waals surface area contributed by atoms with E-state index in [-0.39, 0.29) is 17.4 Å². The summed E-state index contributed by atoms with van der Waals surface area (Å²) in [6.45, 7) is 5.86. The molecule has 1 atom stereocenters. The van der Waals surface area contributed by atoms with E-state index in [1.807, 2.05) is 30.3 Å². The van der Waals surface area contributed by atoms with Gasteiger partial charge in [0.1, 0.15) is 28.9 Å². The summed E-state index contributed by atoms with van der Waals surface area (Å²) in [6, 6.07) is 17.0. The first kappa shape index (κ1) is 23.3. The first-order valence-corrected chi connectivity index (χ1v) is 11.2. The average Bonchev–Trinajstić information content (AvgIpc) is 3.18. The molecule has 3 aromatic rings. The van der Waals surface area contributed by atoms with Crippen molar-refractivity contribution in [1.29, 1.82) is 5.26 Å². The Morgan fingerprint density at radius 1 is 1.29 bits per heavy atom. The predicted molar refractivity (Wildman–Crippen MR) is 129 cm³/mol. The van der Waals surface area contributed by atoms with E-state index in [2.05, 4.69) is 25.2 Å². The summed E-state index contributed by atoms with van der Waals surface area (Å²) in [5, 5.41) is 17.5. The van der Waals surface area contributed by atoms with Gasteiger partial charge >= 0.3 is 0 Å². The van der Waals surface area contributed by atoms with Gasteiger partial charge in [-0.1, -0.05) is 50.2 Å². The van der Waals surface area contributed by atoms with E-state index in [1.165, 1.54) is 7.11 Å². The molecule has 0 saturated carbocycles. The number of anilines is 1. The van der Waals surface area contributed by atoms with Crippen LogP contribution in [0, 0.1) is 16.7 Å². The predicted octanol–water partition coefficient (Wildman–Crippen LogP) is 3.93. The summed E-state index contributed by atoms with van der Waals surface area (Å²) in [6.07, 6.45) is 0.786. The fourth-order valence-electron chi connectivity index (χ4n) is 4.36. The lowest BCUT2D eigenvalue weighted by atomic mass is 9.82. The normalized spacial score (nSPS) is 17.1. The van der Waals surface area contributed by atoms with Gasteiger partial charge in [-0.05, 0) is 24.1 Å². The van der Waals surface area contributed by atoms with Crippen LogP contribution >= 0.6 is 0 Å². The summed E-state index contributed by atoms with van der Waals surface area (Å²) >= 11 is 0. The van der Waals surface area contributed by atoms with Crippen molar-refractivity contribution in [2.24, 2.45) is 5.41 Å². The lowest BCUT2D eigenvalue weighted by Crippen LogP contribution is -2.37. The van der Waals surface area contributed by atoms with Crippen LogP contribution in [-0.2, 0) is 11.3 Å². The van der Waals surface area contributed by atoms with Crippen molar-refractivity contribution in [1.82, 2.24) is 15.1 Å². The van der Waals surface area contributed by atoms with Crippen LogP contribution in [0.25, 0.3) is 11.3 Å². The number of nitrogen functional groups attached to an aromatic ring is 1. The third-order valence-electron chi connectivity index (χ3n) is 6.30. The number of rotatable bonds is 6. The first-order chi connectivity index (χ1) is 16.4. The molecule has 1 unspecified atom stereocenters. The van der Waals surface area contributed by atoms with E-state index >= 15 is 0 Å². The maximum atomic E-state index is 12.5. The van der Waals surface area contributed by atoms with Crippen molar-refractivity contribution >= 4 is 11.7 Å². The molecule has 34 heavy (non-hydrogen) atoms. The number of benzene rings is 2. The smallest absolute Gasteiger partial charge is 0.255 e. The number of nitrogens with zero attached hydrogens (tertiary/aromatic N) is 3. The Morgan fingerprint density at radius 2 is 2.03 bits per heavy atom. The zero-order chi connectivity index (χ0) is 24.3. The molecular weight excluding hydrogens is 430 g/mol. The Bertz CT molecular complexity index is 1220. The van der Waals surface area contributed by atoms with Crippen LogP contribution in [-0.4, -0.2) is 36.0 Å². The summed E-state index contributed by atoms with van der Waals surface area (Å²) in [7, 11) is 1.54. The summed E-state index contributed by atoms with van der Waals surface area (Å²) < 4.78 is 12.7. The molecule has 1 aromatic heterocycles. The van der Waals surface area contributed by atoms with Gasteiger partial charge in [0, 0.05) is 24.1 Å². The van der Waals surface area contributed by atoms with Crippen LogP contribution in [0.4, 0.5) is 5.82 Å². The minimum absolute atomic E-state index is 0.0477.